The molecular formula is C30H38O10S. The fourth-order valence-corrected chi connectivity index (χ4v) is 5.40. The van der Waals surface area contributed by atoms with E-state index in [0.29, 0.717) is 25.7 Å². The van der Waals surface area contributed by atoms with Gasteiger partial charge in [-0.3, -0.25) is 19.2 Å². The van der Waals surface area contributed by atoms with Crippen LogP contribution in [0.5, 0.6) is 34.5 Å². The minimum atomic E-state index is -0.923. The largest absolute Gasteiger partial charge is 0.506 e. The molecule has 0 bridgehead atoms. The maximum Gasteiger partial charge on any atom is 0.170 e. The third-order valence-corrected chi connectivity index (χ3v) is 7.91. The van der Waals surface area contributed by atoms with E-state index >= 15 is 0 Å². The molecule has 0 unspecified atom stereocenters. The van der Waals surface area contributed by atoms with E-state index < -0.39 is 89.7 Å². The van der Waals surface area contributed by atoms with Crippen LogP contribution in [0.15, 0.2) is 9.79 Å². The van der Waals surface area contributed by atoms with Crippen LogP contribution in [-0.2, 0) is 0 Å². The van der Waals surface area contributed by atoms with Crippen molar-refractivity contribution in [2.75, 3.05) is 0 Å². The van der Waals surface area contributed by atoms with Crippen molar-refractivity contribution < 1.29 is 49.8 Å². The first-order chi connectivity index (χ1) is 19.4. The Morgan fingerprint density at radius 3 is 1.02 bits per heavy atom. The molecule has 0 radical (unpaired) electrons. The molecule has 0 saturated carbocycles. The van der Waals surface area contributed by atoms with Gasteiger partial charge in [-0.2, -0.15) is 0 Å². The van der Waals surface area contributed by atoms with Crippen molar-refractivity contribution in [3.8, 4) is 34.5 Å². The van der Waals surface area contributed by atoms with Crippen LogP contribution < -0.4 is 0 Å². The number of aromatic hydroxyl groups is 6. The van der Waals surface area contributed by atoms with E-state index in [2.05, 4.69) is 0 Å². The van der Waals surface area contributed by atoms with E-state index in [4.69, 9.17) is 0 Å². The molecule has 224 valence electrons. The van der Waals surface area contributed by atoms with Crippen molar-refractivity contribution >= 4 is 34.9 Å². The number of phenols is 6. The summed E-state index contributed by atoms with van der Waals surface area (Å²) in [4.78, 5) is 50.3. The number of carbonyl (C=O) groups excluding carboxylic acids is 4. The summed E-state index contributed by atoms with van der Waals surface area (Å²) in [5.41, 5.74) is -2.50. The molecule has 0 fully saturated rings. The van der Waals surface area contributed by atoms with Gasteiger partial charge in [0.15, 0.2) is 23.1 Å². The van der Waals surface area contributed by atoms with E-state index in [1.54, 1.807) is 0 Å². The second kappa shape index (κ2) is 14.8. The fraction of sp³-hybridized carbons (Fsp3) is 0.467. The summed E-state index contributed by atoms with van der Waals surface area (Å²) in [5, 5.41) is 65.7. The minimum Gasteiger partial charge on any atom is -0.506 e. The summed E-state index contributed by atoms with van der Waals surface area (Å²) in [7, 11) is 0. The van der Waals surface area contributed by atoms with Crippen molar-refractivity contribution in [1.82, 2.24) is 0 Å². The molecule has 0 atom stereocenters. The lowest BCUT2D eigenvalue weighted by atomic mass is 9.96. The number of ketones is 4. The monoisotopic (exact) mass is 590 g/mol. The van der Waals surface area contributed by atoms with Gasteiger partial charge in [0.05, 0.1) is 9.79 Å². The Bertz CT molecular complexity index is 1240. The van der Waals surface area contributed by atoms with E-state index in [1.165, 1.54) is 13.8 Å². The average Bonchev–Trinajstić information content (AvgIpc) is 2.92. The minimum absolute atomic E-state index is 0.0785. The van der Waals surface area contributed by atoms with E-state index in [-0.39, 0.29) is 37.4 Å². The lowest BCUT2D eigenvalue weighted by Gasteiger charge is -2.20. The Morgan fingerprint density at radius 1 is 0.463 bits per heavy atom. The predicted octanol–water partition coefficient (Wildman–Crippen LogP) is 6.78. The number of carbonyl (C=O) groups is 4. The number of unbranched alkanes of at least 4 members (excludes halogenated alkanes) is 4. The highest BCUT2D eigenvalue weighted by Crippen LogP contribution is 2.56. The third-order valence-electron chi connectivity index (χ3n) is 6.73. The van der Waals surface area contributed by atoms with Crippen molar-refractivity contribution in [1.29, 1.82) is 0 Å². The highest BCUT2D eigenvalue weighted by Gasteiger charge is 2.34. The zero-order chi connectivity index (χ0) is 31.0. The van der Waals surface area contributed by atoms with Crippen molar-refractivity contribution in [2.24, 2.45) is 0 Å². The zero-order valence-corrected chi connectivity index (χ0v) is 24.6. The molecule has 0 aliphatic heterocycles. The maximum atomic E-state index is 13.0. The summed E-state index contributed by atoms with van der Waals surface area (Å²) in [5.74, 6) is -8.37. The molecule has 0 aliphatic carbocycles. The molecule has 41 heavy (non-hydrogen) atoms. The van der Waals surface area contributed by atoms with E-state index in [1.807, 2.05) is 13.8 Å². The lowest BCUT2D eigenvalue weighted by molar-refractivity contribution is 0.0956. The van der Waals surface area contributed by atoms with Crippen LogP contribution in [0.4, 0.5) is 0 Å². The first-order valence-electron chi connectivity index (χ1n) is 13.8. The number of hydrogen-bond donors (Lipinski definition) is 6. The molecule has 10 nitrogen and oxygen atoms in total. The number of phenolic OH excluding ortho intramolecular Hbond substituents is 6. The first-order valence-corrected chi connectivity index (χ1v) is 14.6. The number of hydrogen-bond acceptors (Lipinski definition) is 11. The van der Waals surface area contributed by atoms with Crippen molar-refractivity contribution in [2.45, 2.75) is 102 Å². The number of rotatable bonds is 16. The van der Waals surface area contributed by atoms with Crippen LogP contribution in [0.2, 0.25) is 0 Å². The lowest BCUT2D eigenvalue weighted by Crippen LogP contribution is -2.08. The quantitative estimate of drug-likeness (QED) is 0.0892. The topological polar surface area (TPSA) is 190 Å². The first kappa shape index (κ1) is 33.5. The van der Waals surface area contributed by atoms with Gasteiger partial charge >= 0.3 is 0 Å². The SMILES string of the molecule is CCCCCC(=O)c1c(O)c(Sc2c(O)c(C(=O)CC)c(O)c(C(=O)CCCCC)c2O)c(O)c(C(=O)CC)c1O. The normalized spacial score (nSPS) is 11.0. The molecule has 2 rings (SSSR count). The average molecular weight is 591 g/mol. The Labute approximate surface area is 243 Å². The second-order valence-corrected chi connectivity index (χ2v) is 10.7. The van der Waals surface area contributed by atoms with Crippen LogP contribution >= 0.6 is 11.8 Å². The van der Waals surface area contributed by atoms with Gasteiger partial charge < -0.3 is 30.6 Å². The standard InChI is InChI=1S/C30H38O10S/c1-5-9-11-13-17(33)21-23(35)19(15(31)7-3)25(37)29(27(21)39)41-30-26(38)20(16(32)8-4)24(36)22(28(30)40)18(34)14-12-10-6-2/h35-40H,5-14H2,1-4H3. The molecule has 0 amide bonds. The molecule has 0 heterocycles. The Kier molecular flexibility index (Phi) is 12.1. The number of Topliss-reactive ketones (excluding diaryl/α,β-unsaturated/α-hetero) is 4. The van der Waals surface area contributed by atoms with Gasteiger partial charge in [0.2, 0.25) is 0 Å². The summed E-state index contributed by atoms with van der Waals surface area (Å²) >= 11 is 0.284. The van der Waals surface area contributed by atoms with Crippen molar-refractivity contribution in [3.05, 3.63) is 22.3 Å². The van der Waals surface area contributed by atoms with Gasteiger partial charge in [-0.15, -0.1) is 0 Å². The molecule has 0 aromatic heterocycles. The van der Waals surface area contributed by atoms with Crippen molar-refractivity contribution in [3.63, 3.8) is 0 Å². The smallest absolute Gasteiger partial charge is 0.170 e. The predicted molar refractivity (Wildman–Crippen MR) is 153 cm³/mol. The summed E-state index contributed by atoms with van der Waals surface area (Å²) in [6.07, 6.45) is 3.30. The molecular weight excluding hydrogens is 552 g/mol. The van der Waals surface area contributed by atoms with Crippen LogP contribution in [0.25, 0.3) is 0 Å². The highest BCUT2D eigenvalue weighted by molar-refractivity contribution is 7.99. The van der Waals surface area contributed by atoms with Gasteiger partial charge in [0, 0.05) is 25.7 Å². The molecule has 2 aromatic carbocycles. The summed E-state index contributed by atoms with van der Waals surface area (Å²) < 4.78 is 0. The molecule has 6 N–H and O–H groups in total. The van der Waals surface area contributed by atoms with Gasteiger partial charge in [-0.1, -0.05) is 65.1 Å². The number of benzene rings is 2. The van der Waals surface area contributed by atoms with Gasteiger partial charge in [-0.25, -0.2) is 0 Å². The molecule has 0 saturated heterocycles. The zero-order valence-electron chi connectivity index (χ0n) is 23.8. The van der Waals surface area contributed by atoms with Gasteiger partial charge in [-0.05, 0) is 12.8 Å². The third kappa shape index (κ3) is 6.95. The van der Waals surface area contributed by atoms with Crippen LogP contribution in [-0.4, -0.2) is 53.8 Å². The second-order valence-electron chi connectivity index (χ2n) is 9.67. The molecule has 2 aromatic rings. The van der Waals surface area contributed by atoms with Crippen LogP contribution in [0, 0.1) is 0 Å². The van der Waals surface area contributed by atoms with Crippen LogP contribution in [0.3, 0.4) is 0 Å². The summed E-state index contributed by atoms with van der Waals surface area (Å²) in [6, 6.07) is 0. The molecule has 0 spiro atoms. The Hall–Kier alpha value is -3.73. The van der Waals surface area contributed by atoms with E-state index in [0.717, 1.165) is 12.8 Å². The maximum absolute atomic E-state index is 13.0. The Balaban J connectivity index is 2.89. The fourth-order valence-electron chi connectivity index (χ4n) is 4.40. The van der Waals surface area contributed by atoms with Gasteiger partial charge in [0.25, 0.3) is 0 Å². The van der Waals surface area contributed by atoms with Crippen LogP contribution in [0.1, 0.15) is 133 Å². The highest BCUT2D eigenvalue weighted by atomic mass is 32.2. The molecule has 0 aliphatic rings. The van der Waals surface area contributed by atoms with Gasteiger partial charge in [0.1, 0.15) is 56.8 Å². The van der Waals surface area contributed by atoms with E-state index in [9.17, 15) is 49.8 Å². The Morgan fingerprint density at radius 2 is 0.756 bits per heavy atom. The molecule has 11 heteroatoms. The summed E-state index contributed by atoms with van der Waals surface area (Å²) in [6.45, 7) is 6.76.